The Bertz CT molecular complexity index is 934. The Kier molecular flexibility index (Phi) is 4.86. The van der Waals surface area contributed by atoms with E-state index in [1.807, 2.05) is 24.3 Å². The number of aromatic nitrogens is 4. The van der Waals surface area contributed by atoms with Gasteiger partial charge in [-0.15, -0.1) is 0 Å². The highest BCUT2D eigenvalue weighted by Crippen LogP contribution is 2.23. The van der Waals surface area contributed by atoms with Gasteiger partial charge in [-0.05, 0) is 5.56 Å². The van der Waals surface area contributed by atoms with Crippen LogP contribution in [0.25, 0.3) is 23.0 Å². The summed E-state index contributed by atoms with van der Waals surface area (Å²) in [6.45, 7) is 2.49. The standard InChI is InChI=1S/C18H18N6O3/c19-11-12-1-3-13(4-2-12)16-22-17(27-23-16)14-15(21-6-5-20-14)18(25)24-7-9-26-10-8-24/h1-6H,7-11,19H2. The number of benzene rings is 1. The Balaban J connectivity index is 1.64. The number of amides is 1. The van der Waals surface area contributed by atoms with Crippen molar-refractivity contribution in [1.82, 2.24) is 25.0 Å². The fraction of sp³-hybridized carbons (Fsp3) is 0.278. The minimum Gasteiger partial charge on any atom is -0.378 e. The Hall–Kier alpha value is -3.17. The summed E-state index contributed by atoms with van der Waals surface area (Å²) >= 11 is 0. The molecule has 1 aliphatic heterocycles. The van der Waals surface area contributed by atoms with Gasteiger partial charge in [0.2, 0.25) is 5.82 Å². The number of rotatable bonds is 4. The van der Waals surface area contributed by atoms with Gasteiger partial charge in [0, 0.05) is 37.6 Å². The van der Waals surface area contributed by atoms with Crippen LogP contribution in [-0.4, -0.2) is 57.2 Å². The first-order chi connectivity index (χ1) is 13.3. The van der Waals surface area contributed by atoms with Crippen LogP contribution in [0.1, 0.15) is 16.1 Å². The third-order valence-electron chi connectivity index (χ3n) is 4.28. The maximum Gasteiger partial charge on any atom is 0.279 e. The van der Waals surface area contributed by atoms with Gasteiger partial charge in [-0.3, -0.25) is 4.79 Å². The van der Waals surface area contributed by atoms with Crippen LogP contribution in [0, 0.1) is 0 Å². The van der Waals surface area contributed by atoms with Crippen LogP contribution in [0.3, 0.4) is 0 Å². The summed E-state index contributed by atoms with van der Waals surface area (Å²) in [6.07, 6.45) is 2.96. The van der Waals surface area contributed by atoms with E-state index in [1.165, 1.54) is 12.4 Å². The van der Waals surface area contributed by atoms with Crippen LogP contribution in [-0.2, 0) is 11.3 Å². The average Bonchev–Trinajstić information content (AvgIpc) is 3.24. The lowest BCUT2D eigenvalue weighted by atomic mass is 10.1. The third kappa shape index (κ3) is 3.55. The minimum absolute atomic E-state index is 0.151. The van der Waals surface area contributed by atoms with E-state index in [9.17, 15) is 4.79 Å². The number of hydrogen-bond acceptors (Lipinski definition) is 8. The number of carbonyl (C=O) groups is 1. The molecule has 0 saturated carbocycles. The molecule has 1 fully saturated rings. The minimum atomic E-state index is -0.228. The molecule has 0 radical (unpaired) electrons. The van der Waals surface area contributed by atoms with Crippen molar-refractivity contribution in [3.63, 3.8) is 0 Å². The number of nitrogens with two attached hydrogens (primary N) is 1. The summed E-state index contributed by atoms with van der Waals surface area (Å²) in [5.74, 6) is 0.329. The maximum atomic E-state index is 12.8. The zero-order chi connectivity index (χ0) is 18.6. The highest BCUT2D eigenvalue weighted by Gasteiger charge is 2.26. The summed E-state index contributed by atoms with van der Waals surface area (Å²) in [5.41, 5.74) is 7.87. The largest absolute Gasteiger partial charge is 0.378 e. The molecule has 9 nitrogen and oxygen atoms in total. The van der Waals surface area contributed by atoms with E-state index in [0.29, 0.717) is 38.7 Å². The molecule has 1 aromatic carbocycles. The van der Waals surface area contributed by atoms with Crippen LogP contribution < -0.4 is 5.73 Å². The molecule has 3 aromatic rings. The fourth-order valence-corrected chi connectivity index (χ4v) is 2.79. The number of carbonyl (C=O) groups excluding carboxylic acids is 1. The van der Waals surface area contributed by atoms with Crippen LogP contribution in [0.5, 0.6) is 0 Å². The lowest BCUT2D eigenvalue weighted by Gasteiger charge is -2.26. The van der Waals surface area contributed by atoms with Crippen molar-refractivity contribution in [2.24, 2.45) is 5.73 Å². The molecule has 9 heteroatoms. The van der Waals surface area contributed by atoms with Crippen LogP contribution in [0.2, 0.25) is 0 Å². The molecule has 0 aliphatic carbocycles. The Labute approximate surface area is 155 Å². The molecule has 1 aliphatic rings. The van der Waals surface area contributed by atoms with E-state index in [0.717, 1.165) is 11.1 Å². The second-order valence-electron chi connectivity index (χ2n) is 5.98. The molecule has 2 aromatic heterocycles. The van der Waals surface area contributed by atoms with Gasteiger partial charge in [-0.2, -0.15) is 4.98 Å². The quantitative estimate of drug-likeness (QED) is 0.729. The van der Waals surface area contributed by atoms with Gasteiger partial charge in [-0.1, -0.05) is 29.4 Å². The van der Waals surface area contributed by atoms with Crippen molar-refractivity contribution < 1.29 is 14.1 Å². The van der Waals surface area contributed by atoms with Crippen LogP contribution in [0.15, 0.2) is 41.2 Å². The summed E-state index contributed by atoms with van der Waals surface area (Å²) in [6, 6.07) is 7.54. The van der Waals surface area contributed by atoms with E-state index >= 15 is 0 Å². The zero-order valence-electron chi connectivity index (χ0n) is 14.5. The van der Waals surface area contributed by atoms with Crippen molar-refractivity contribution >= 4 is 5.91 Å². The van der Waals surface area contributed by atoms with Gasteiger partial charge in [0.25, 0.3) is 11.8 Å². The van der Waals surface area contributed by atoms with Crippen LogP contribution >= 0.6 is 0 Å². The van der Waals surface area contributed by atoms with Crippen LogP contribution in [0.4, 0.5) is 0 Å². The molecule has 0 atom stereocenters. The molecule has 3 heterocycles. The fourth-order valence-electron chi connectivity index (χ4n) is 2.79. The monoisotopic (exact) mass is 366 g/mol. The van der Waals surface area contributed by atoms with E-state index in [1.54, 1.807) is 4.90 Å². The maximum absolute atomic E-state index is 12.8. The van der Waals surface area contributed by atoms with Gasteiger partial charge >= 0.3 is 0 Å². The van der Waals surface area contributed by atoms with Crippen molar-refractivity contribution in [2.45, 2.75) is 6.54 Å². The molecule has 2 N–H and O–H groups in total. The zero-order valence-corrected chi connectivity index (χ0v) is 14.5. The smallest absolute Gasteiger partial charge is 0.279 e. The van der Waals surface area contributed by atoms with E-state index in [-0.39, 0.29) is 23.2 Å². The first kappa shape index (κ1) is 17.3. The lowest BCUT2D eigenvalue weighted by Crippen LogP contribution is -2.41. The number of morpholine rings is 1. The van der Waals surface area contributed by atoms with Gasteiger partial charge in [0.15, 0.2) is 11.4 Å². The van der Waals surface area contributed by atoms with Gasteiger partial charge < -0.3 is 19.9 Å². The molecule has 27 heavy (non-hydrogen) atoms. The predicted octanol–water partition coefficient (Wildman–Crippen LogP) is 1.12. The van der Waals surface area contributed by atoms with Gasteiger partial charge in [0.1, 0.15) is 0 Å². The van der Waals surface area contributed by atoms with E-state index in [4.69, 9.17) is 15.0 Å². The Morgan fingerprint density at radius 1 is 1.11 bits per heavy atom. The second kappa shape index (κ2) is 7.60. The Morgan fingerprint density at radius 3 is 2.59 bits per heavy atom. The summed E-state index contributed by atoms with van der Waals surface area (Å²) in [7, 11) is 0. The molecule has 1 amide bonds. The second-order valence-corrected chi connectivity index (χ2v) is 5.98. The van der Waals surface area contributed by atoms with E-state index in [2.05, 4.69) is 20.1 Å². The molecular weight excluding hydrogens is 348 g/mol. The predicted molar refractivity (Wildman–Crippen MR) is 95.4 cm³/mol. The molecule has 0 unspecified atom stereocenters. The molecule has 4 rings (SSSR count). The molecule has 0 bridgehead atoms. The SMILES string of the molecule is NCc1ccc(-c2noc(-c3nccnc3C(=O)N3CCOCC3)n2)cc1. The third-order valence-corrected chi connectivity index (χ3v) is 4.28. The van der Waals surface area contributed by atoms with E-state index < -0.39 is 0 Å². The highest BCUT2D eigenvalue weighted by atomic mass is 16.5. The van der Waals surface area contributed by atoms with Crippen molar-refractivity contribution in [3.8, 4) is 23.0 Å². The average molecular weight is 366 g/mol. The molecule has 138 valence electrons. The molecular formula is C18H18N6O3. The normalized spacial score (nSPS) is 14.3. The summed E-state index contributed by atoms with van der Waals surface area (Å²) in [5, 5.41) is 4.00. The number of nitrogens with zero attached hydrogens (tertiary/aromatic N) is 5. The number of hydrogen-bond donors (Lipinski definition) is 1. The summed E-state index contributed by atoms with van der Waals surface area (Å²) in [4.78, 5) is 27.3. The topological polar surface area (TPSA) is 120 Å². The molecule has 1 saturated heterocycles. The van der Waals surface area contributed by atoms with Crippen molar-refractivity contribution in [1.29, 1.82) is 0 Å². The first-order valence-corrected chi connectivity index (χ1v) is 8.58. The van der Waals surface area contributed by atoms with Crippen molar-refractivity contribution in [3.05, 3.63) is 47.9 Å². The van der Waals surface area contributed by atoms with Crippen molar-refractivity contribution in [2.75, 3.05) is 26.3 Å². The highest BCUT2D eigenvalue weighted by molar-refractivity contribution is 5.97. The Morgan fingerprint density at radius 2 is 1.85 bits per heavy atom. The van der Waals surface area contributed by atoms with Gasteiger partial charge in [0.05, 0.1) is 13.2 Å². The first-order valence-electron chi connectivity index (χ1n) is 8.58. The molecule has 0 spiro atoms. The van der Waals surface area contributed by atoms with Gasteiger partial charge in [-0.25, -0.2) is 9.97 Å². The lowest BCUT2D eigenvalue weighted by molar-refractivity contribution is 0.0299. The summed E-state index contributed by atoms with van der Waals surface area (Å²) < 4.78 is 10.6. The number of ether oxygens (including phenoxy) is 1.